The number of amides is 2. The van der Waals surface area contributed by atoms with Crippen molar-refractivity contribution in [2.75, 3.05) is 16.8 Å². The maximum atomic E-state index is 13.6. The normalized spacial score (nSPS) is 13.7. The highest BCUT2D eigenvalue weighted by atomic mass is 35.5. The highest BCUT2D eigenvalue weighted by Crippen LogP contribution is 2.36. The first-order valence-electron chi connectivity index (χ1n) is 10.8. The molecule has 0 aliphatic carbocycles. The van der Waals surface area contributed by atoms with Gasteiger partial charge in [-0.05, 0) is 74.7 Å². The Balaban J connectivity index is 1.82. The van der Waals surface area contributed by atoms with Crippen LogP contribution < -0.4 is 15.0 Å². The molecule has 0 saturated carbocycles. The minimum absolute atomic E-state index is 0.212. The second-order valence-corrected chi connectivity index (χ2v) is 8.44. The van der Waals surface area contributed by atoms with Crippen molar-refractivity contribution in [3.05, 3.63) is 93.6 Å². The summed E-state index contributed by atoms with van der Waals surface area (Å²) in [5.74, 6) is -0.0889. The van der Waals surface area contributed by atoms with Gasteiger partial charge in [0.25, 0.3) is 11.8 Å². The topological polar surface area (TPSA) is 58.6 Å². The average Bonchev–Trinajstić information content (AvgIpc) is 3.01. The highest BCUT2D eigenvalue weighted by Gasteiger charge is 2.40. The Labute approximate surface area is 198 Å². The van der Waals surface area contributed by atoms with Crippen LogP contribution in [0.1, 0.15) is 29.2 Å². The van der Waals surface area contributed by atoms with Crippen molar-refractivity contribution in [2.24, 2.45) is 0 Å². The van der Waals surface area contributed by atoms with Gasteiger partial charge < -0.3 is 10.1 Å². The molecule has 168 valence electrons. The van der Waals surface area contributed by atoms with Gasteiger partial charge in [0.1, 0.15) is 11.4 Å². The molecule has 3 aromatic carbocycles. The number of benzene rings is 3. The van der Waals surface area contributed by atoms with Crippen LogP contribution >= 0.6 is 11.6 Å². The van der Waals surface area contributed by atoms with Crippen LogP contribution in [0.3, 0.4) is 0 Å². The Bertz CT molecular complexity index is 1280. The van der Waals surface area contributed by atoms with E-state index in [1.54, 1.807) is 30.3 Å². The molecular weight excluding hydrogens is 436 g/mol. The Hall–Kier alpha value is -3.57. The summed E-state index contributed by atoms with van der Waals surface area (Å²) < 4.78 is 5.53. The van der Waals surface area contributed by atoms with Crippen LogP contribution in [0.2, 0.25) is 5.02 Å². The molecule has 33 heavy (non-hydrogen) atoms. The van der Waals surface area contributed by atoms with Gasteiger partial charge in [-0.15, -0.1) is 0 Å². The fourth-order valence-corrected chi connectivity index (χ4v) is 4.07. The fourth-order valence-electron chi connectivity index (χ4n) is 3.89. The Morgan fingerprint density at radius 2 is 1.61 bits per heavy atom. The first-order valence-corrected chi connectivity index (χ1v) is 11.1. The molecule has 0 fully saturated rings. The third kappa shape index (κ3) is 4.37. The third-order valence-electron chi connectivity index (χ3n) is 5.57. The summed E-state index contributed by atoms with van der Waals surface area (Å²) in [5, 5.41) is 3.74. The van der Waals surface area contributed by atoms with E-state index in [1.165, 1.54) is 4.90 Å². The van der Waals surface area contributed by atoms with E-state index < -0.39 is 5.91 Å². The Morgan fingerprint density at radius 1 is 0.879 bits per heavy atom. The molecule has 1 aliphatic rings. The molecule has 1 aliphatic heterocycles. The molecule has 0 spiro atoms. The molecule has 0 atom stereocenters. The highest BCUT2D eigenvalue weighted by molar-refractivity contribution is 6.46. The Kier molecular flexibility index (Phi) is 6.25. The van der Waals surface area contributed by atoms with E-state index in [-0.39, 0.29) is 11.6 Å². The zero-order chi connectivity index (χ0) is 23.7. The first kappa shape index (κ1) is 22.6. The lowest BCUT2D eigenvalue weighted by Gasteiger charge is -2.18. The number of anilines is 2. The SMILES string of the molecule is CCOc1ccc(C2=C(Nc3ccc(C)c(Cl)c3)C(=O)N(c3ccc(C)cc3C)C2=O)cc1. The Morgan fingerprint density at radius 3 is 2.24 bits per heavy atom. The summed E-state index contributed by atoms with van der Waals surface area (Å²) in [4.78, 5) is 28.5. The van der Waals surface area contributed by atoms with Crippen molar-refractivity contribution >= 4 is 40.4 Å². The molecule has 0 unspecified atom stereocenters. The maximum absolute atomic E-state index is 13.6. The number of hydrogen-bond acceptors (Lipinski definition) is 4. The van der Waals surface area contributed by atoms with Crippen LogP contribution in [-0.2, 0) is 9.59 Å². The van der Waals surface area contributed by atoms with Crippen LogP contribution in [0, 0.1) is 20.8 Å². The largest absolute Gasteiger partial charge is 0.494 e. The molecule has 0 aromatic heterocycles. The number of imide groups is 1. The molecule has 1 N–H and O–H groups in total. The van der Waals surface area contributed by atoms with Gasteiger partial charge in [-0.2, -0.15) is 0 Å². The predicted molar refractivity (Wildman–Crippen MR) is 133 cm³/mol. The number of nitrogens with one attached hydrogen (secondary N) is 1. The van der Waals surface area contributed by atoms with Crippen LogP contribution in [0.25, 0.3) is 5.57 Å². The van der Waals surface area contributed by atoms with Crippen LogP contribution in [0.4, 0.5) is 11.4 Å². The average molecular weight is 461 g/mol. The smallest absolute Gasteiger partial charge is 0.282 e. The zero-order valence-corrected chi connectivity index (χ0v) is 19.8. The van der Waals surface area contributed by atoms with E-state index >= 15 is 0 Å². The van der Waals surface area contributed by atoms with Crippen LogP contribution in [0.15, 0.2) is 66.4 Å². The molecule has 1 heterocycles. The second-order valence-electron chi connectivity index (χ2n) is 8.03. The van der Waals surface area contributed by atoms with Crippen molar-refractivity contribution < 1.29 is 14.3 Å². The monoisotopic (exact) mass is 460 g/mol. The first-order chi connectivity index (χ1) is 15.8. The number of rotatable bonds is 6. The maximum Gasteiger partial charge on any atom is 0.282 e. The standard InChI is InChI=1S/C27H25ClN2O3/c1-5-33-21-11-8-19(9-12-21)24-25(29-20-10-7-17(3)22(28)15-20)27(32)30(26(24)31)23-13-6-16(2)14-18(23)4/h6-15,29H,5H2,1-4H3. The lowest BCUT2D eigenvalue weighted by Crippen LogP contribution is -2.33. The summed E-state index contributed by atoms with van der Waals surface area (Å²) in [7, 11) is 0. The summed E-state index contributed by atoms with van der Waals surface area (Å²) in [6.07, 6.45) is 0. The molecule has 3 aromatic rings. The summed E-state index contributed by atoms with van der Waals surface area (Å²) >= 11 is 6.29. The van der Waals surface area contributed by atoms with Crippen molar-refractivity contribution in [2.45, 2.75) is 27.7 Å². The number of ether oxygens (including phenoxy) is 1. The van der Waals surface area contributed by atoms with Gasteiger partial charge in [0, 0.05) is 10.7 Å². The van der Waals surface area contributed by atoms with Crippen LogP contribution in [-0.4, -0.2) is 18.4 Å². The quantitative estimate of drug-likeness (QED) is 0.454. The molecule has 0 saturated heterocycles. The van der Waals surface area contributed by atoms with Crippen LogP contribution in [0.5, 0.6) is 5.75 Å². The van der Waals surface area contributed by atoms with Gasteiger partial charge in [0.2, 0.25) is 0 Å². The van der Waals surface area contributed by atoms with Gasteiger partial charge in [-0.25, -0.2) is 4.90 Å². The fraction of sp³-hybridized carbons (Fsp3) is 0.185. The van der Waals surface area contributed by atoms with E-state index in [0.717, 1.165) is 16.7 Å². The number of halogens is 1. The minimum atomic E-state index is -0.410. The molecule has 4 rings (SSSR count). The van der Waals surface area contributed by atoms with Gasteiger partial charge in [0.05, 0.1) is 17.9 Å². The molecule has 5 nitrogen and oxygen atoms in total. The van der Waals surface area contributed by atoms with Crippen molar-refractivity contribution in [1.29, 1.82) is 0 Å². The van der Waals surface area contributed by atoms with Gasteiger partial charge in [-0.3, -0.25) is 9.59 Å². The van der Waals surface area contributed by atoms with E-state index in [4.69, 9.17) is 16.3 Å². The summed E-state index contributed by atoms with van der Waals surface area (Å²) in [6.45, 7) is 8.22. The number of hydrogen-bond donors (Lipinski definition) is 1. The van der Waals surface area contributed by atoms with E-state index in [1.807, 2.05) is 58.0 Å². The van der Waals surface area contributed by atoms with Crippen molar-refractivity contribution in [1.82, 2.24) is 0 Å². The summed E-state index contributed by atoms with van der Waals surface area (Å²) in [5.41, 5.74) is 5.18. The van der Waals surface area contributed by atoms with Gasteiger partial charge >= 0.3 is 0 Å². The molecule has 0 bridgehead atoms. The molecular formula is C27H25ClN2O3. The number of nitrogens with zero attached hydrogens (tertiary/aromatic N) is 1. The number of carbonyl (C=O) groups is 2. The molecule has 2 amide bonds. The lowest BCUT2D eigenvalue weighted by atomic mass is 10.0. The van der Waals surface area contributed by atoms with E-state index in [0.29, 0.717) is 39.9 Å². The van der Waals surface area contributed by atoms with Gasteiger partial charge in [-0.1, -0.05) is 47.5 Å². The number of aryl methyl sites for hydroxylation is 3. The van der Waals surface area contributed by atoms with Gasteiger partial charge in [0.15, 0.2) is 0 Å². The lowest BCUT2D eigenvalue weighted by molar-refractivity contribution is -0.120. The van der Waals surface area contributed by atoms with E-state index in [2.05, 4.69) is 5.32 Å². The second kappa shape index (κ2) is 9.12. The van der Waals surface area contributed by atoms with E-state index in [9.17, 15) is 9.59 Å². The molecule has 6 heteroatoms. The minimum Gasteiger partial charge on any atom is -0.494 e. The third-order valence-corrected chi connectivity index (χ3v) is 5.98. The molecule has 0 radical (unpaired) electrons. The predicted octanol–water partition coefficient (Wildman–Crippen LogP) is 6.06. The van der Waals surface area contributed by atoms with Crippen molar-refractivity contribution in [3.63, 3.8) is 0 Å². The van der Waals surface area contributed by atoms with Crippen molar-refractivity contribution in [3.8, 4) is 5.75 Å². The zero-order valence-electron chi connectivity index (χ0n) is 19.0. The number of carbonyl (C=O) groups excluding carboxylic acids is 2. The summed E-state index contributed by atoms with van der Waals surface area (Å²) in [6, 6.07) is 18.3.